The monoisotopic (exact) mass is 509 g/mol. The first-order chi connectivity index (χ1) is 17.7. The van der Waals surface area contributed by atoms with Crippen molar-refractivity contribution in [3.8, 4) is 0 Å². The molecule has 0 unspecified atom stereocenters. The number of nitrogens with one attached hydrogen (secondary N) is 1. The van der Waals surface area contributed by atoms with Crippen molar-refractivity contribution in [2.75, 3.05) is 13.1 Å². The molecule has 0 aliphatic carbocycles. The molecular weight excluding hydrogens is 474 g/mol. The van der Waals surface area contributed by atoms with Crippen LogP contribution in [0.2, 0.25) is 0 Å². The van der Waals surface area contributed by atoms with Gasteiger partial charge in [-0.2, -0.15) is 0 Å². The summed E-state index contributed by atoms with van der Waals surface area (Å²) in [4.78, 5) is 63.7. The lowest BCUT2D eigenvalue weighted by Crippen LogP contribution is -2.49. The van der Waals surface area contributed by atoms with Gasteiger partial charge < -0.3 is 27.4 Å². The molecule has 0 saturated heterocycles. The highest BCUT2D eigenvalue weighted by Gasteiger charge is 2.28. The summed E-state index contributed by atoms with van der Waals surface area (Å²) < 4.78 is 0. The van der Waals surface area contributed by atoms with E-state index in [1.54, 1.807) is 30.3 Å². The lowest BCUT2D eigenvalue weighted by atomic mass is 9.94. The molecule has 10 nitrogen and oxygen atoms in total. The zero-order chi connectivity index (χ0) is 27.2. The van der Waals surface area contributed by atoms with Crippen molar-refractivity contribution in [2.24, 2.45) is 23.1 Å². The summed E-state index contributed by atoms with van der Waals surface area (Å²) in [6.45, 7) is 0.431. The summed E-state index contributed by atoms with van der Waals surface area (Å²) in [6, 6.07) is 16.7. The molecule has 0 heterocycles. The normalized spacial score (nSPS) is 12.2. The van der Waals surface area contributed by atoms with E-state index in [4.69, 9.17) is 17.2 Å². The highest BCUT2D eigenvalue weighted by molar-refractivity contribution is 5.98. The number of nitrogens with zero attached hydrogens (tertiary/aromatic N) is 1. The molecule has 0 aromatic heterocycles. The Kier molecular flexibility index (Phi) is 11.9. The smallest absolute Gasteiger partial charge is 0.254 e. The molecule has 0 aliphatic heterocycles. The van der Waals surface area contributed by atoms with E-state index in [0.29, 0.717) is 31.4 Å². The summed E-state index contributed by atoms with van der Waals surface area (Å²) in [5.74, 6) is -3.70. The van der Waals surface area contributed by atoms with E-state index in [1.165, 1.54) is 4.90 Å². The molecule has 0 bridgehead atoms. The van der Waals surface area contributed by atoms with Crippen molar-refractivity contribution in [1.82, 2.24) is 10.2 Å². The Labute approximate surface area is 216 Å². The van der Waals surface area contributed by atoms with Gasteiger partial charge in [0, 0.05) is 24.4 Å². The molecule has 2 atom stereocenters. The number of Topliss-reactive ketones (excluding diaryl/α,β-unsaturated/α-hetero) is 1. The second kappa shape index (κ2) is 15.1. The second-order valence-electron chi connectivity index (χ2n) is 8.87. The van der Waals surface area contributed by atoms with Gasteiger partial charge in [0.15, 0.2) is 5.78 Å². The number of primary amides is 2. The number of amides is 4. The van der Waals surface area contributed by atoms with E-state index in [9.17, 15) is 24.0 Å². The average molecular weight is 510 g/mol. The van der Waals surface area contributed by atoms with Crippen molar-refractivity contribution < 1.29 is 24.0 Å². The summed E-state index contributed by atoms with van der Waals surface area (Å²) in [5, 5.41) is 2.44. The van der Waals surface area contributed by atoms with E-state index in [-0.39, 0.29) is 31.2 Å². The molecule has 0 fully saturated rings. The van der Waals surface area contributed by atoms with Crippen LogP contribution in [0, 0.1) is 5.92 Å². The quantitative estimate of drug-likeness (QED) is 0.244. The molecule has 4 amide bonds. The molecule has 0 aliphatic rings. The Morgan fingerprint density at radius 3 is 2.03 bits per heavy atom. The molecule has 0 radical (unpaired) electrons. The highest BCUT2D eigenvalue weighted by Crippen LogP contribution is 2.17. The van der Waals surface area contributed by atoms with Gasteiger partial charge in [-0.05, 0) is 37.1 Å². The Morgan fingerprint density at radius 1 is 0.838 bits per heavy atom. The third kappa shape index (κ3) is 10.2. The molecule has 198 valence electrons. The largest absolute Gasteiger partial charge is 0.370 e. The second-order valence-corrected chi connectivity index (χ2v) is 8.87. The third-order valence-corrected chi connectivity index (χ3v) is 5.81. The number of carbonyl (C=O) groups is 5. The fourth-order valence-corrected chi connectivity index (χ4v) is 3.89. The molecule has 2 rings (SSSR count). The Balaban J connectivity index is 2.18. The predicted molar refractivity (Wildman–Crippen MR) is 139 cm³/mol. The number of hydrogen-bond donors (Lipinski definition) is 4. The van der Waals surface area contributed by atoms with Crippen molar-refractivity contribution >= 4 is 29.4 Å². The van der Waals surface area contributed by atoms with Gasteiger partial charge in [-0.15, -0.1) is 0 Å². The fourth-order valence-electron chi connectivity index (χ4n) is 3.89. The first kappa shape index (κ1) is 29.2. The summed E-state index contributed by atoms with van der Waals surface area (Å²) >= 11 is 0. The van der Waals surface area contributed by atoms with Gasteiger partial charge in [0.1, 0.15) is 6.04 Å². The first-order valence-electron chi connectivity index (χ1n) is 12.2. The number of rotatable bonds is 16. The number of nitrogens with two attached hydrogens (primary N) is 3. The molecule has 0 saturated carbocycles. The van der Waals surface area contributed by atoms with Gasteiger partial charge in [-0.25, -0.2) is 0 Å². The highest BCUT2D eigenvalue weighted by atomic mass is 16.2. The van der Waals surface area contributed by atoms with E-state index >= 15 is 0 Å². The molecule has 2 aromatic rings. The van der Waals surface area contributed by atoms with E-state index in [0.717, 1.165) is 5.56 Å². The molecule has 2 aromatic carbocycles. The van der Waals surface area contributed by atoms with Crippen LogP contribution in [0.1, 0.15) is 48.0 Å². The lowest BCUT2D eigenvalue weighted by Gasteiger charge is -2.24. The molecule has 10 heteroatoms. The van der Waals surface area contributed by atoms with Crippen LogP contribution >= 0.6 is 0 Å². The summed E-state index contributed by atoms with van der Waals surface area (Å²) in [5.41, 5.74) is 17.3. The maximum atomic E-state index is 13.2. The van der Waals surface area contributed by atoms with Gasteiger partial charge in [0.25, 0.3) is 5.91 Å². The van der Waals surface area contributed by atoms with Crippen LogP contribution in [0.5, 0.6) is 0 Å². The lowest BCUT2D eigenvalue weighted by molar-refractivity contribution is -0.133. The van der Waals surface area contributed by atoms with E-state index in [2.05, 4.69) is 5.32 Å². The number of hydrogen-bond acceptors (Lipinski definition) is 6. The van der Waals surface area contributed by atoms with Crippen LogP contribution in [0.4, 0.5) is 0 Å². The van der Waals surface area contributed by atoms with Crippen molar-refractivity contribution in [1.29, 1.82) is 0 Å². The van der Waals surface area contributed by atoms with Crippen LogP contribution < -0.4 is 22.5 Å². The van der Waals surface area contributed by atoms with E-state index in [1.807, 2.05) is 30.3 Å². The van der Waals surface area contributed by atoms with Crippen LogP contribution in [0.25, 0.3) is 0 Å². The minimum Gasteiger partial charge on any atom is -0.370 e. The Morgan fingerprint density at radius 2 is 1.46 bits per heavy atom. The van der Waals surface area contributed by atoms with Gasteiger partial charge in [-0.1, -0.05) is 55.0 Å². The van der Waals surface area contributed by atoms with Crippen molar-refractivity contribution in [3.05, 3.63) is 71.8 Å². The van der Waals surface area contributed by atoms with Crippen LogP contribution in [-0.2, 0) is 25.7 Å². The number of ketones is 1. The van der Waals surface area contributed by atoms with Crippen LogP contribution in [0.3, 0.4) is 0 Å². The zero-order valence-electron chi connectivity index (χ0n) is 20.8. The Bertz CT molecular complexity index is 1060. The first-order valence-corrected chi connectivity index (χ1v) is 12.2. The molecule has 0 spiro atoms. The maximum Gasteiger partial charge on any atom is 0.254 e. The minimum absolute atomic E-state index is 0.161. The van der Waals surface area contributed by atoms with E-state index < -0.39 is 36.1 Å². The van der Waals surface area contributed by atoms with Gasteiger partial charge >= 0.3 is 0 Å². The zero-order valence-corrected chi connectivity index (χ0v) is 20.8. The van der Waals surface area contributed by atoms with Gasteiger partial charge in [0.05, 0.1) is 13.0 Å². The fraction of sp³-hybridized carbons (Fsp3) is 0.370. The number of benzene rings is 2. The Hall–Kier alpha value is -4.05. The van der Waals surface area contributed by atoms with Gasteiger partial charge in [-0.3, -0.25) is 24.0 Å². The third-order valence-electron chi connectivity index (χ3n) is 5.81. The average Bonchev–Trinajstić information content (AvgIpc) is 2.87. The topological polar surface area (TPSA) is 179 Å². The van der Waals surface area contributed by atoms with Gasteiger partial charge in [0.2, 0.25) is 17.7 Å². The van der Waals surface area contributed by atoms with Crippen LogP contribution in [0.15, 0.2) is 60.7 Å². The van der Waals surface area contributed by atoms with Crippen molar-refractivity contribution in [3.63, 3.8) is 0 Å². The van der Waals surface area contributed by atoms with Crippen molar-refractivity contribution in [2.45, 2.75) is 44.7 Å². The minimum atomic E-state index is -1.27. The van der Waals surface area contributed by atoms with Crippen LogP contribution in [-0.4, -0.2) is 53.4 Å². The number of unbranched alkanes of at least 4 members (excludes halogenated alkanes) is 1. The SMILES string of the molecule is NCCCC[C@H](CC(=O)CN(Cc1ccccc1)C(=O)c1ccccc1)C(=O)N[C@@H](CC(N)=O)C(N)=O. The standard InChI is InChI=1S/C27H35N5O5/c28-14-8-7-13-21(26(36)31-23(25(30)35)16-24(29)34)15-22(33)18-32(17-19-9-3-1-4-10-19)27(37)20-11-5-2-6-12-20/h1-6,9-12,21,23H,7-8,13-18,28H2,(H2,29,34)(H2,30,35)(H,31,36)/t21-,23+/m1/s1. The maximum absolute atomic E-state index is 13.2. The molecular formula is C27H35N5O5. The summed E-state index contributed by atoms with van der Waals surface area (Å²) in [6.07, 6.45) is 0.954. The number of carbonyl (C=O) groups excluding carboxylic acids is 5. The summed E-state index contributed by atoms with van der Waals surface area (Å²) in [7, 11) is 0. The molecule has 37 heavy (non-hydrogen) atoms. The predicted octanol–water partition coefficient (Wildman–Crippen LogP) is 0.879. The molecule has 7 N–H and O–H groups in total.